The number of fused-ring (bicyclic) bond motifs is 5. The smallest absolute Gasteiger partial charge is 0.302 e. The zero-order chi connectivity index (χ0) is 17.8. The molecule has 0 radical (unpaired) electrons. The molecule has 7 heteroatoms. The molecule has 126 valence electrons. The molecule has 7 nitrogen and oxygen atoms in total. The van der Waals surface area contributed by atoms with Crippen molar-refractivity contribution in [3.8, 4) is 6.07 Å². The van der Waals surface area contributed by atoms with Crippen molar-refractivity contribution in [2.24, 2.45) is 11.8 Å². The van der Waals surface area contributed by atoms with Gasteiger partial charge in [-0.3, -0.25) is 14.4 Å². The van der Waals surface area contributed by atoms with Crippen LogP contribution in [0.2, 0.25) is 0 Å². The molecule has 25 heavy (non-hydrogen) atoms. The highest BCUT2D eigenvalue weighted by molar-refractivity contribution is 6.23. The predicted molar refractivity (Wildman–Crippen MR) is 84.0 cm³/mol. The number of carbonyl (C=O) groups excluding carboxylic acids is 3. The molecule has 1 aromatic carbocycles. The first kappa shape index (κ1) is 15.5. The van der Waals surface area contributed by atoms with Crippen LogP contribution in [0.15, 0.2) is 36.4 Å². The molecule has 3 aliphatic heterocycles. The van der Waals surface area contributed by atoms with Gasteiger partial charge in [0.1, 0.15) is 12.2 Å². The third-order valence-electron chi connectivity index (χ3n) is 4.91. The molecular weight excluding hydrogens is 324 g/mol. The Labute approximate surface area is 143 Å². The number of carbonyl (C=O) groups is 3. The fourth-order valence-electron chi connectivity index (χ4n) is 3.82. The number of benzene rings is 1. The van der Waals surface area contributed by atoms with Crippen LogP contribution in [-0.2, 0) is 23.9 Å². The second-order valence-corrected chi connectivity index (χ2v) is 6.35. The molecule has 0 spiro atoms. The topological polar surface area (TPSA) is 96.7 Å². The van der Waals surface area contributed by atoms with Crippen molar-refractivity contribution in [2.45, 2.75) is 18.6 Å². The van der Waals surface area contributed by atoms with Crippen molar-refractivity contribution in [3.05, 3.63) is 42.0 Å². The van der Waals surface area contributed by atoms with Crippen molar-refractivity contribution >= 4 is 23.5 Å². The van der Waals surface area contributed by atoms with E-state index in [1.807, 2.05) is 6.07 Å². The van der Waals surface area contributed by atoms with Gasteiger partial charge in [-0.2, -0.15) is 5.26 Å². The van der Waals surface area contributed by atoms with Crippen molar-refractivity contribution in [2.75, 3.05) is 11.5 Å². The van der Waals surface area contributed by atoms with E-state index in [-0.39, 0.29) is 18.4 Å². The number of anilines is 1. The first-order chi connectivity index (χ1) is 12.0. The number of esters is 1. The zero-order valence-electron chi connectivity index (χ0n) is 13.3. The summed E-state index contributed by atoms with van der Waals surface area (Å²) in [5.74, 6) is -2.52. The Morgan fingerprint density at radius 2 is 2.04 bits per heavy atom. The third-order valence-corrected chi connectivity index (χ3v) is 4.91. The summed E-state index contributed by atoms with van der Waals surface area (Å²) in [6, 6.07) is 8.26. The number of hydrogen-bond donors (Lipinski definition) is 0. The maximum Gasteiger partial charge on any atom is 0.302 e. The lowest BCUT2D eigenvalue weighted by molar-refractivity contribution is -0.150. The van der Waals surface area contributed by atoms with Gasteiger partial charge in [-0.05, 0) is 30.3 Å². The lowest BCUT2D eigenvalue weighted by Gasteiger charge is -2.28. The Morgan fingerprint density at radius 3 is 2.68 bits per heavy atom. The van der Waals surface area contributed by atoms with E-state index in [4.69, 9.17) is 14.7 Å². The summed E-state index contributed by atoms with van der Waals surface area (Å²) < 4.78 is 10.9. The van der Waals surface area contributed by atoms with Crippen LogP contribution < -0.4 is 4.90 Å². The van der Waals surface area contributed by atoms with E-state index in [0.717, 1.165) is 4.90 Å². The van der Waals surface area contributed by atoms with Crippen LogP contribution in [-0.4, -0.2) is 36.1 Å². The largest absolute Gasteiger partial charge is 0.462 e. The van der Waals surface area contributed by atoms with Crippen LogP contribution in [0.25, 0.3) is 0 Å². The van der Waals surface area contributed by atoms with Crippen molar-refractivity contribution in [3.63, 3.8) is 0 Å². The monoisotopic (exact) mass is 338 g/mol. The van der Waals surface area contributed by atoms with Gasteiger partial charge >= 0.3 is 5.97 Å². The van der Waals surface area contributed by atoms with E-state index < -0.39 is 29.5 Å². The minimum absolute atomic E-state index is 0.100. The summed E-state index contributed by atoms with van der Waals surface area (Å²) in [6.45, 7) is 1.18. The molecule has 4 atom stereocenters. The number of hydrogen-bond acceptors (Lipinski definition) is 6. The van der Waals surface area contributed by atoms with E-state index in [1.54, 1.807) is 36.4 Å². The predicted octanol–water partition coefficient (Wildman–Crippen LogP) is 0.934. The Morgan fingerprint density at radius 1 is 1.32 bits per heavy atom. The minimum Gasteiger partial charge on any atom is -0.462 e. The average Bonchev–Trinajstić information content (AvgIpc) is 3.24. The van der Waals surface area contributed by atoms with E-state index in [9.17, 15) is 14.4 Å². The molecule has 2 amide bonds. The fourth-order valence-corrected chi connectivity index (χ4v) is 3.82. The summed E-state index contributed by atoms with van der Waals surface area (Å²) in [7, 11) is 0. The molecule has 2 saturated heterocycles. The summed E-state index contributed by atoms with van der Waals surface area (Å²) in [5.41, 5.74) is -0.223. The molecule has 0 saturated carbocycles. The van der Waals surface area contributed by atoms with Crippen LogP contribution in [0.5, 0.6) is 0 Å². The van der Waals surface area contributed by atoms with Crippen LogP contribution >= 0.6 is 0 Å². The van der Waals surface area contributed by atoms with E-state index in [0.29, 0.717) is 11.3 Å². The molecular formula is C18H14N2O5. The lowest BCUT2D eigenvalue weighted by Crippen LogP contribution is -2.44. The van der Waals surface area contributed by atoms with Gasteiger partial charge in [0.2, 0.25) is 11.8 Å². The number of rotatable bonds is 3. The third kappa shape index (κ3) is 2.11. The minimum atomic E-state index is -1.09. The number of ether oxygens (including phenoxy) is 2. The van der Waals surface area contributed by atoms with Crippen LogP contribution in [0.1, 0.15) is 12.5 Å². The summed E-state index contributed by atoms with van der Waals surface area (Å²) >= 11 is 0. The van der Waals surface area contributed by atoms with Gasteiger partial charge in [0.25, 0.3) is 0 Å². The lowest BCUT2D eigenvalue weighted by atomic mass is 9.77. The molecule has 4 rings (SSSR count). The first-order valence-electron chi connectivity index (χ1n) is 7.85. The fraction of sp³-hybridized carbons (Fsp3) is 0.333. The molecule has 2 fully saturated rings. The highest BCUT2D eigenvalue weighted by Gasteiger charge is 2.68. The molecule has 2 bridgehead atoms. The van der Waals surface area contributed by atoms with E-state index in [1.165, 1.54) is 6.92 Å². The highest BCUT2D eigenvalue weighted by Crippen LogP contribution is 2.52. The normalized spacial score (nSPS) is 32.0. The molecule has 0 unspecified atom stereocenters. The maximum atomic E-state index is 13.0. The Kier molecular flexibility index (Phi) is 3.27. The average molecular weight is 338 g/mol. The SMILES string of the molecule is CC(=O)OC[C@@]12C=C[C@@H](O1)[C@H]1C(=O)N(c3ccc(C#N)cc3)C(=O)[C@@H]12. The molecule has 3 heterocycles. The van der Waals surface area contributed by atoms with Gasteiger partial charge < -0.3 is 9.47 Å². The quantitative estimate of drug-likeness (QED) is 0.462. The maximum absolute atomic E-state index is 13.0. The Hall–Kier alpha value is -2.98. The van der Waals surface area contributed by atoms with Gasteiger partial charge in [-0.25, -0.2) is 4.90 Å². The van der Waals surface area contributed by atoms with Crippen LogP contribution in [0.4, 0.5) is 5.69 Å². The molecule has 0 aliphatic carbocycles. The second kappa shape index (κ2) is 5.26. The highest BCUT2D eigenvalue weighted by atomic mass is 16.6. The summed E-state index contributed by atoms with van der Waals surface area (Å²) in [6.07, 6.45) is 2.97. The number of amides is 2. The summed E-state index contributed by atoms with van der Waals surface area (Å²) in [4.78, 5) is 38.1. The van der Waals surface area contributed by atoms with Gasteiger partial charge in [0.05, 0.1) is 35.3 Å². The molecule has 0 aromatic heterocycles. The van der Waals surface area contributed by atoms with Gasteiger partial charge in [0.15, 0.2) is 0 Å². The number of imide groups is 1. The zero-order valence-corrected chi connectivity index (χ0v) is 13.3. The van der Waals surface area contributed by atoms with Crippen molar-refractivity contribution in [1.82, 2.24) is 0 Å². The van der Waals surface area contributed by atoms with Gasteiger partial charge in [0, 0.05) is 6.92 Å². The first-order valence-corrected chi connectivity index (χ1v) is 7.85. The van der Waals surface area contributed by atoms with Crippen molar-refractivity contribution < 1.29 is 23.9 Å². The standard InChI is InChI=1S/C18H14N2O5/c1-10(21)24-9-18-7-6-13(25-18)14-15(18)17(23)20(16(14)22)12-4-2-11(8-19)3-5-12/h2-7,13-15H,9H2,1H3/t13-,14-,15-,18-/m1/s1. The van der Waals surface area contributed by atoms with Gasteiger partial charge in [-0.1, -0.05) is 6.08 Å². The van der Waals surface area contributed by atoms with Gasteiger partial charge in [-0.15, -0.1) is 0 Å². The molecule has 1 aromatic rings. The van der Waals surface area contributed by atoms with Crippen LogP contribution in [0, 0.1) is 23.2 Å². The Balaban J connectivity index is 1.68. The number of nitriles is 1. The molecule has 0 N–H and O–H groups in total. The molecule has 3 aliphatic rings. The van der Waals surface area contributed by atoms with Crippen LogP contribution in [0.3, 0.4) is 0 Å². The van der Waals surface area contributed by atoms with E-state index in [2.05, 4.69) is 0 Å². The summed E-state index contributed by atoms with van der Waals surface area (Å²) in [5, 5.41) is 8.88. The van der Waals surface area contributed by atoms with E-state index >= 15 is 0 Å². The number of nitrogens with zero attached hydrogens (tertiary/aromatic N) is 2. The second-order valence-electron chi connectivity index (χ2n) is 6.35. The Bertz CT molecular complexity index is 853. The van der Waals surface area contributed by atoms with Crippen molar-refractivity contribution in [1.29, 1.82) is 5.26 Å².